The Kier molecular flexibility index (Phi) is 4.97. The van der Waals surface area contributed by atoms with E-state index in [1.54, 1.807) is 11.8 Å². The van der Waals surface area contributed by atoms with E-state index in [1.807, 2.05) is 45.9 Å². The van der Waals surface area contributed by atoms with Gasteiger partial charge >= 0.3 is 6.09 Å². The van der Waals surface area contributed by atoms with Crippen LogP contribution in [-0.4, -0.2) is 48.6 Å². The normalized spacial score (nSPS) is 15.5. The first-order valence-electron chi connectivity index (χ1n) is 8.02. The zero-order chi connectivity index (χ0) is 17.2. The number of hydrogen-bond acceptors (Lipinski definition) is 4. The van der Waals surface area contributed by atoms with Gasteiger partial charge in [-0.05, 0) is 58.4 Å². The fraction of sp³-hybridized carbons (Fsp3) is 0.556. The number of nitrogens with zero attached hydrogens (tertiary/aromatic N) is 2. The maximum absolute atomic E-state index is 12.1. The number of ether oxygens (including phenoxy) is 1. The highest BCUT2D eigenvalue weighted by atomic mass is 16.6. The summed E-state index contributed by atoms with van der Waals surface area (Å²) in [5.74, 6) is 0.0781. The van der Waals surface area contributed by atoms with Gasteiger partial charge in [0.2, 0.25) is 0 Å². The maximum atomic E-state index is 12.1. The van der Waals surface area contributed by atoms with Crippen LogP contribution in [0.3, 0.4) is 0 Å². The molecule has 1 aliphatic heterocycles. The third-order valence-corrected chi connectivity index (χ3v) is 3.88. The molecule has 0 atom stereocenters. The third-order valence-electron chi connectivity index (χ3n) is 3.88. The van der Waals surface area contributed by atoms with E-state index < -0.39 is 5.60 Å². The Hall–Kier alpha value is -2.04. The monoisotopic (exact) mass is 318 g/mol. The lowest BCUT2D eigenvalue weighted by Gasteiger charge is -2.37. The number of carbonyl (C=O) groups excluding carboxylic acids is 2. The van der Waals surface area contributed by atoms with E-state index >= 15 is 0 Å². The summed E-state index contributed by atoms with van der Waals surface area (Å²) < 4.78 is 5.41. The number of rotatable bonds is 2. The lowest BCUT2D eigenvalue weighted by Crippen LogP contribution is -2.50. The molecule has 1 saturated heterocycles. The zero-order valence-corrected chi connectivity index (χ0v) is 14.7. The van der Waals surface area contributed by atoms with E-state index in [9.17, 15) is 9.59 Å². The fourth-order valence-corrected chi connectivity index (χ4v) is 2.69. The second kappa shape index (κ2) is 6.60. The summed E-state index contributed by atoms with van der Waals surface area (Å²) in [5, 5.41) is 0. The van der Waals surface area contributed by atoms with Crippen LogP contribution in [0.2, 0.25) is 0 Å². The van der Waals surface area contributed by atoms with Gasteiger partial charge in [0.1, 0.15) is 5.60 Å². The molecule has 0 bridgehead atoms. The predicted octanol–water partition coefficient (Wildman–Crippen LogP) is 3.25. The summed E-state index contributed by atoms with van der Waals surface area (Å²) in [5.41, 5.74) is 2.48. The number of Topliss-reactive ketones (excluding diaryl/α,β-unsaturated/α-hetero) is 1. The molecule has 1 aliphatic rings. The second-order valence-electron chi connectivity index (χ2n) is 7.01. The Labute approximate surface area is 138 Å². The zero-order valence-electron chi connectivity index (χ0n) is 14.7. The van der Waals surface area contributed by atoms with Crippen LogP contribution < -0.4 is 4.90 Å². The molecule has 0 N–H and O–H groups in total. The Morgan fingerprint density at radius 1 is 1.09 bits per heavy atom. The molecular weight excluding hydrogens is 292 g/mol. The SMILES string of the molecule is CC(=O)c1ccc(N2CCN(C(=O)OC(C)(C)C)CC2)c(C)c1. The number of piperazine rings is 1. The summed E-state index contributed by atoms with van der Waals surface area (Å²) in [6.45, 7) is 12.0. The van der Waals surface area contributed by atoms with Crippen molar-refractivity contribution < 1.29 is 14.3 Å². The number of aryl methyl sites for hydroxylation is 1. The van der Waals surface area contributed by atoms with Crippen molar-refractivity contribution in [1.29, 1.82) is 0 Å². The molecule has 0 aliphatic carbocycles. The summed E-state index contributed by atoms with van der Waals surface area (Å²) in [6, 6.07) is 5.79. The lowest BCUT2D eigenvalue weighted by atomic mass is 10.1. The number of anilines is 1. The van der Waals surface area contributed by atoms with Crippen LogP contribution in [0.5, 0.6) is 0 Å². The Morgan fingerprint density at radius 3 is 2.17 bits per heavy atom. The molecule has 5 heteroatoms. The summed E-state index contributed by atoms with van der Waals surface area (Å²) in [7, 11) is 0. The number of carbonyl (C=O) groups is 2. The number of hydrogen-bond donors (Lipinski definition) is 0. The lowest BCUT2D eigenvalue weighted by molar-refractivity contribution is 0.0240. The highest BCUT2D eigenvalue weighted by Gasteiger charge is 2.26. The van der Waals surface area contributed by atoms with E-state index in [2.05, 4.69) is 4.90 Å². The second-order valence-corrected chi connectivity index (χ2v) is 7.01. The average molecular weight is 318 g/mol. The Bertz CT molecular complexity index is 597. The van der Waals surface area contributed by atoms with Crippen molar-refractivity contribution in [1.82, 2.24) is 4.90 Å². The molecule has 5 nitrogen and oxygen atoms in total. The van der Waals surface area contributed by atoms with E-state index in [-0.39, 0.29) is 11.9 Å². The van der Waals surface area contributed by atoms with Crippen molar-refractivity contribution >= 4 is 17.6 Å². The smallest absolute Gasteiger partial charge is 0.410 e. The molecule has 2 rings (SSSR count). The molecule has 0 aromatic heterocycles. The van der Waals surface area contributed by atoms with Crippen LogP contribution in [0.25, 0.3) is 0 Å². The summed E-state index contributed by atoms with van der Waals surface area (Å²) in [6.07, 6.45) is -0.249. The fourth-order valence-electron chi connectivity index (χ4n) is 2.69. The minimum atomic E-state index is -0.465. The molecule has 1 heterocycles. The van der Waals surface area contributed by atoms with Gasteiger partial charge in [0.25, 0.3) is 0 Å². The summed E-state index contributed by atoms with van der Waals surface area (Å²) in [4.78, 5) is 27.5. The van der Waals surface area contributed by atoms with Gasteiger partial charge < -0.3 is 14.5 Å². The third kappa shape index (κ3) is 4.47. The van der Waals surface area contributed by atoms with Crippen molar-refractivity contribution in [3.63, 3.8) is 0 Å². The molecule has 0 spiro atoms. The van der Waals surface area contributed by atoms with Gasteiger partial charge in [-0.3, -0.25) is 4.79 Å². The first-order valence-corrected chi connectivity index (χ1v) is 8.02. The molecule has 1 fully saturated rings. The molecule has 1 aromatic carbocycles. The van der Waals surface area contributed by atoms with Crippen molar-refractivity contribution in [2.24, 2.45) is 0 Å². The quantitative estimate of drug-likeness (QED) is 0.785. The average Bonchev–Trinajstić information content (AvgIpc) is 2.45. The van der Waals surface area contributed by atoms with Crippen LogP contribution >= 0.6 is 0 Å². The molecule has 1 amide bonds. The molecule has 0 saturated carbocycles. The van der Waals surface area contributed by atoms with E-state index in [4.69, 9.17) is 4.74 Å². The van der Waals surface area contributed by atoms with Crippen molar-refractivity contribution in [2.75, 3.05) is 31.1 Å². The van der Waals surface area contributed by atoms with Gasteiger partial charge in [-0.1, -0.05) is 0 Å². The van der Waals surface area contributed by atoms with Crippen LogP contribution in [0.1, 0.15) is 43.6 Å². The minimum absolute atomic E-state index is 0.0781. The minimum Gasteiger partial charge on any atom is -0.444 e. The first kappa shape index (κ1) is 17.3. The summed E-state index contributed by atoms with van der Waals surface area (Å²) >= 11 is 0. The van der Waals surface area contributed by atoms with Crippen molar-refractivity contribution in [3.05, 3.63) is 29.3 Å². The van der Waals surface area contributed by atoms with Crippen LogP contribution in [0.15, 0.2) is 18.2 Å². The van der Waals surface area contributed by atoms with Gasteiger partial charge in [-0.15, -0.1) is 0 Å². The first-order chi connectivity index (χ1) is 10.7. The Morgan fingerprint density at radius 2 is 1.70 bits per heavy atom. The molecular formula is C18H26N2O3. The van der Waals surface area contributed by atoms with E-state index in [1.165, 1.54) is 0 Å². The largest absolute Gasteiger partial charge is 0.444 e. The predicted molar refractivity (Wildman–Crippen MR) is 91.2 cm³/mol. The molecule has 0 radical (unpaired) electrons. The van der Waals surface area contributed by atoms with Gasteiger partial charge in [0.05, 0.1) is 0 Å². The molecule has 23 heavy (non-hydrogen) atoms. The highest BCUT2D eigenvalue weighted by Crippen LogP contribution is 2.23. The highest BCUT2D eigenvalue weighted by molar-refractivity contribution is 5.94. The number of benzene rings is 1. The molecule has 126 valence electrons. The maximum Gasteiger partial charge on any atom is 0.410 e. The Balaban J connectivity index is 1.99. The van der Waals surface area contributed by atoms with Gasteiger partial charge in [0.15, 0.2) is 5.78 Å². The number of amides is 1. The van der Waals surface area contributed by atoms with Crippen LogP contribution in [0, 0.1) is 6.92 Å². The van der Waals surface area contributed by atoms with Gasteiger partial charge in [0, 0.05) is 37.4 Å². The van der Waals surface area contributed by atoms with Crippen molar-refractivity contribution in [2.45, 2.75) is 40.2 Å². The topological polar surface area (TPSA) is 49.9 Å². The molecule has 0 unspecified atom stereocenters. The van der Waals surface area contributed by atoms with Crippen LogP contribution in [0.4, 0.5) is 10.5 Å². The van der Waals surface area contributed by atoms with Crippen LogP contribution in [-0.2, 0) is 4.74 Å². The van der Waals surface area contributed by atoms with E-state index in [0.717, 1.165) is 29.9 Å². The van der Waals surface area contributed by atoms with E-state index in [0.29, 0.717) is 13.1 Å². The van der Waals surface area contributed by atoms with Crippen molar-refractivity contribution in [3.8, 4) is 0 Å². The van der Waals surface area contributed by atoms with Gasteiger partial charge in [-0.2, -0.15) is 0 Å². The van der Waals surface area contributed by atoms with Gasteiger partial charge in [-0.25, -0.2) is 4.79 Å². The standard InChI is InChI=1S/C18H26N2O3/c1-13-12-15(14(2)21)6-7-16(13)19-8-10-20(11-9-19)17(22)23-18(3,4)5/h6-7,12H,8-11H2,1-5H3. The molecule has 1 aromatic rings. The number of ketones is 1.